The fourth-order valence-corrected chi connectivity index (χ4v) is 14.7. The first kappa shape index (κ1) is 46.9. The van der Waals surface area contributed by atoms with Crippen LogP contribution in [0.1, 0.15) is 147 Å². The van der Waals surface area contributed by atoms with E-state index in [4.69, 9.17) is 15.0 Å². The summed E-state index contributed by atoms with van der Waals surface area (Å²) in [5.74, 6) is 1.21. The molecule has 3 aromatic heterocycles. The van der Waals surface area contributed by atoms with E-state index >= 15 is 9.59 Å². The number of piperidine rings is 5. The molecule has 16 heteroatoms. The van der Waals surface area contributed by atoms with Gasteiger partial charge < -0.3 is 34.4 Å². The molecular weight excluding hydrogens is 919 g/mol. The maximum absolute atomic E-state index is 15.4. The minimum atomic E-state index is -0.702. The van der Waals surface area contributed by atoms with E-state index in [0.717, 1.165) is 102 Å². The van der Waals surface area contributed by atoms with Gasteiger partial charge in [-0.05, 0) is 153 Å². The van der Waals surface area contributed by atoms with Crippen LogP contribution in [0.3, 0.4) is 0 Å². The Morgan fingerprint density at radius 2 is 1.62 bits per heavy atom. The lowest BCUT2D eigenvalue weighted by atomic mass is 9.72. The number of imidazole rings is 1. The van der Waals surface area contributed by atoms with Crippen molar-refractivity contribution in [2.45, 2.75) is 165 Å². The second-order valence-corrected chi connectivity index (χ2v) is 24.1. The Bertz CT molecular complexity index is 2890. The van der Waals surface area contributed by atoms with Crippen molar-refractivity contribution in [1.29, 1.82) is 0 Å². The number of aromatic nitrogens is 4. The van der Waals surface area contributed by atoms with E-state index in [2.05, 4.69) is 79.8 Å². The van der Waals surface area contributed by atoms with Crippen LogP contribution in [0.2, 0.25) is 0 Å². The van der Waals surface area contributed by atoms with Gasteiger partial charge in [-0.1, -0.05) is 24.6 Å². The highest BCUT2D eigenvalue weighted by atomic mass is 16.2. The Morgan fingerprint density at radius 3 is 2.33 bits per heavy atom. The minimum absolute atomic E-state index is 0.122. The van der Waals surface area contributed by atoms with E-state index in [1.54, 1.807) is 6.20 Å². The number of carbonyl (C=O) groups excluding carboxylic acids is 5. The van der Waals surface area contributed by atoms with E-state index in [1.807, 2.05) is 23.4 Å². The largest absolute Gasteiger partial charge is 0.366 e. The monoisotopic (exact) mass is 990 g/mol. The molecule has 3 atom stereocenters. The average molecular weight is 990 g/mol. The fourth-order valence-electron chi connectivity index (χ4n) is 14.7. The van der Waals surface area contributed by atoms with Crippen molar-refractivity contribution in [2.24, 2.45) is 11.3 Å². The van der Waals surface area contributed by atoms with Crippen molar-refractivity contribution < 1.29 is 24.0 Å². The minimum Gasteiger partial charge on any atom is -0.366 e. The Hall–Kier alpha value is -5.90. The molecule has 3 aliphatic carbocycles. The molecule has 1 aromatic carbocycles. The van der Waals surface area contributed by atoms with Gasteiger partial charge in [0.15, 0.2) is 5.82 Å². The number of pyridine rings is 2. The molecule has 3 unspecified atom stereocenters. The number of hydrogen-bond acceptors (Lipinski definition) is 11. The van der Waals surface area contributed by atoms with Crippen LogP contribution in [0, 0.1) is 11.3 Å². The first-order chi connectivity index (χ1) is 35.3. The number of likely N-dealkylation sites (tertiary alicyclic amines) is 3. The van der Waals surface area contributed by atoms with E-state index in [0.29, 0.717) is 89.8 Å². The maximum atomic E-state index is 15.4. The molecule has 0 radical (unpaired) electrons. The Morgan fingerprint density at radius 1 is 0.836 bits per heavy atom. The number of nitrogens with one attached hydrogen (secondary N) is 2. The lowest BCUT2D eigenvalue weighted by Crippen LogP contribution is -2.59. The molecule has 2 bridgehead atoms. The molecule has 3 saturated carbocycles. The molecule has 2 N–H and O–H groups in total. The summed E-state index contributed by atoms with van der Waals surface area (Å²) in [7, 11) is 0. The van der Waals surface area contributed by atoms with Gasteiger partial charge >= 0.3 is 0 Å². The predicted octanol–water partition coefficient (Wildman–Crippen LogP) is 7.08. The highest BCUT2D eigenvalue weighted by Gasteiger charge is 2.64. The lowest BCUT2D eigenvalue weighted by Gasteiger charge is -2.48. The summed E-state index contributed by atoms with van der Waals surface area (Å²) in [6.07, 6.45) is 17.4. The van der Waals surface area contributed by atoms with Gasteiger partial charge in [-0.2, -0.15) is 0 Å². The van der Waals surface area contributed by atoms with E-state index in [-0.39, 0.29) is 59.0 Å². The molecule has 8 fully saturated rings. The molecule has 16 nitrogen and oxygen atoms in total. The molecule has 73 heavy (non-hydrogen) atoms. The van der Waals surface area contributed by atoms with E-state index in [1.165, 1.54) is 19.3 Å². The van der Waals surface area contributed by atoms with Crippen molar-refractivity contribution >= 4 is 57.9 Å². The second-order valence-electron chi connectivity index (χ2n) is 24.1. The van der Waals surface area contributed by atoms with E-state index < -0.39 is 10.8 Å². The number of carbonyl (C=O) groups is 5. The third-order valence-corrected chi connectivity index (χ3v) is 19.3. The van der Waals surface area contributed by atoms with Crippen LogP contribution in [-0.4, -0.2) is 133 Å². The van der Waals surface area contributed by atoms with Crippen LogP contribution in [0.25, 0.3) is 22.3 Å². The molecule has 1 spiro atoms. The first-order valence-electron chi connectivity index (χ1n) is 27.8. The molecule has 13 rings (SSSR count). The Balaban J connectivity index is 0.706. The first-order valence-corrected chi connectivity index (χ1v) is 27.8. The van der Waals surface area contributed by atoms with Crippen molar-refractivity contribution in [2.75, 3.05) is 60.9 Å². The summed E-state index contributed by atoms with van der Waals surface area (Å²) in [4.78, 5) is 95.0. The number of rotatable bonds is 10. The van der Waals surface area contributed by atoms with E-state index in [9.17, 15) is 14.4 Å². The number of fused-ring (bicyclic) bond motifs is 5. The Kier molecular flexibility index (Phi) is 11.3. The average Bonchev–Trinajstić information content (AvgIpc) is 3.75. The molecule has 5 saturated heterocycles. The van der Waals surface area contributed by atoms with Crippen molar-refractivity contribution in [1.82, 2.24) is 39.5 Å². The molecule has 384 valence electrons. The topological polar surface area (TPSA) is 169 Å². The zero-order valence-corrected chi connectivity index (χ0v) is 42.9. The SMILES string of the molecule is CC(C)n1cnc2cc(-c3ccc4c(c3)N(C3CC(N5CCCCC5)C3)C(=O)C43CCN(C(=O)C45CCC(C)(C4)N(C(=O)C4CCN(c6ccc(C7CCC(=O)NC7=O)cn6)CC4)C5)CC3)nc(NC3CC3)c21. The van der Waals surface area contributed by atoms with Crippen LogP contribution < -0.4 is 20.4 Å². The van der Waals surface area contributed by atoms with Gasteiger partial charge in [0.05, 0.1) is 34.3 Å². The highest BCUT2D eigenvalue weighted by molar-refractivity contribution is 6.10. The van der Waals surface area contributed by atoms with Crippen molar-refractivity contribution in [3.05, 3.63) is 60.0 Å². The summed E-state index contributed by atoms with van der Waals surface area (Å²) in [5.41, 5.74) is 5.02. The smallest absolute Gasteiger partial charge is 0.238 e. The number of anilines is 3. The van der Waals surface area contributed by atoms with Crippen LogP contribution in [0.15, 0.2) is 48.9 Å². The fraction of sp³-hybridized carbons (Fsp3) is 0.614. The molecule has 9 aliphatic rings. The Labute approximate surface area is 428 Å². The molecule has 5 amide bonds. The van der Waals surface area contributed by atoms with Gasteiger partial charge in [0, 0.05) is 92.2 Å². The molecule has 4 aromatic rings. The number of benzene rings is 1. The summed E-state index contributed by atoms with van der Waals surface area (Å²) in [6.45, 7) is 11.7. The third-order valence-electron chi connectivity index (χ3n) is 19.3. The van der Waals surface area contributed by atoms with Crippen molar-refractivity contribution in [3.8, 4) is 11.3 Å². The highest BCUT2D eigenvalue weighted by Crippen LogP contribution is 2.57. The zero-order valence-electron chi connectivity index (χ0n) is 42.9. The maximum Gasteiger partial charge on any atom is 0.238 e. The number of imide groups is 1. The third kappa shape index (κ3) is 7.84. The summed E-state index contributed by atoms with van der Waals surface area (Å²) in [6, 6.07) is 13.9. The number of nitrogens with zero attached hydrogens (tertiary/aromatic N) is 9. The summed E-state index contributed by atoms with van der Waals surface area (Å²) < 4.78 is 2.20. The van der Waals surface area contributed by atoms with Crippen LogP contribution in [0.4, 0.5) is 17.3 Å². The lowest BCUT2D eigenvalue weighted by molar-refractivity contribution is -0.148. The summed E-state index contributed by atoms with van der Waals surface area (Å²) in [5, 5.41) is 6.15. The molecular formula is C57H71N11O5. The van der Waals surface area contributed by atoms with Crippen molar-refractivity contribution in [3.63, 3.8) is 0 Å². The number of hydrogen-bond donors (Lipinski definition) is 2. The predicted molar refractivity (Wildman–Crippen MR) is 278 cm³/mol. The van der Waals surface area contributed by atoms with Gasteiger partial charge in [-0.25, -0.2) is 15.0 Å². The van der Waals surface area contributed by atoms with Gasteiger partial charge in [0.25, 0.3) is 0 Å². The molecule has 6 aliphatic heterocycles. The van der Waals surface area contributed by atoms with Crippen LogP contribution in [0.5, 0.6) is 0 Å². The second kappa shape index (κ2) is 17.6. The normalized spacial score (nSPS) is 29.4. The van der Waals surface area contributed by atoms with Gasteiger partial charge in [-0.15, -0.1) is 0 Å². The van der Waals surface area contributed by atoms with Crippen LogP contribution >= 0.6 is 0 Å². The zero-order chi connectivity index (χ0) is 50.0. The quantitative estimate of drug-likeness (QED) is 0.156. The van der Waals surface area contributed by atoms with Crippen LogP contribution in [-0.2, 0) is 29.4 Å². The van der Waals surface area contributed by atoms with Gasteiger partial charge in [0.2, 0.25) is 29.5 Å². The van der Waals surface area contributed by atoms with Gasteiger partial charge in [0.1, 0.15) is 11.3 Å². The number of amides is 5. The molecule has 9 heterocycles. The standard InChI is InChI=1S/C57H71N11O5/c1-35(2)66-34-59-45-30-44(61-50(49(45)66)60-39-9-10-39)37-7-12-43-46(27-37)68(41-28-40(29-41)63-21-5-4-6-22-63)54(73)57(43)19-25-65(26-20-57)53(72)56-18-17-55(3,32-56)67(33-56)52(71)36-15-23-64(24-16-36)47-13-8-38(31-58-47)42-11-14-48(69)62-51(42)70/h7-8,12-13,27,30-31,34-36,39-42H,4-6,9-11,14-26,28-29,32-33H2,1-3H3,(H,60,61)(H,62,69,70). The van der Waals surface area contributed by atoms with Gasteiger partial charge in [-0.3, -0.25) is 29.3 Å². The summed E-state index contributed by atoms with van der Waals surface area (Å²) >= 11 is 0.